The molecule has 0 fully saturated rings. The molecule has 0 N–H and O–H groups in total. The molecular formula is C11H16O2. The molecule has 0 aliphatic heterocycles. The Labute approximate surface area is 79.4 Å². The molecule has 13 heavy (non-hydrogen) atoms. The Hall–Kier alpha value is -0.860. The summed E-state index contributed by atoms with van der Waals surface area (Å²) in [6, 6.07) is 10.0. The second kappa shape index (κ2) is 6.63. The molecule has 0 bridgehead atoms. The number of hydrogen-bond acceptors (Lipinski definition) is 2. The summed E-state index contributed by atoms with van der Waals surface area (Å²) in [6.45, 7) is 3.34. The fourth-order valence-electron chi connectivity index (χ4n) is 0.946. The Kier molecular flexibility index (Phi) is 5.22. The van der Waals surface area contributed by atoms with Gasteiger partial charge in [0.2, 0.25) is 0 Å². The van der Waals surface area contributed by atoms with Crippen molar-refractivity contribution in [1.29, 1.82) is 0 Å². The van der Waals surface area contributed by atoms with Gasteiger partial charge in [-0.05, 0) is 12.0 Å². The van der Waals surface area contributed by atoms with Gasteiger partial charge in [-0.1, -0.05) is 43.7 Å². The van der Waals surface area contributed by atoms with Gasteiger partial charge in [-0.2, -0.15) is 0 Å². The zero-order chi connectivity index (χ0) is 9.36. The van der Waals surface area contributed by atoms with E-state index in [1.165, 1.54) is 0 Å². The Morgan fingerprint density at radius 1 is 1.08 bits per heavy atom. The lowest BCUT2D eigenvalue weighted by atomic mass is 10.2. The second-order valence-corrected chi connectivity index (χ2v) is 2.92. The molecule has 0 aliphatic rings. The summed E-state index contributed by atoms with van der Waals surface area (Å²) in [7, 11) is 0. The van der Waals surface area contributed by atoms with E-state index in [1.807, 2.05) is 30.3 Å². The summed E-state index contributed by atoms with van der Waals surface area (Å²) < 4.78 is 0. The molecule has 0 spiro atoms. The van der Waals surface area contributed by atoms with Crippen molar-refractivity contribution in [2.24, 2.45) is 0 Å². The molecule has 0 heterocycles. The van der Waals surface area contributed by atoms with Gasteiger partial charge in [0.1, 0.15) is 6.61 Å². The standard InChI is InChI=1S/C11H16O2/c1-2-3-9-12-13-10-11-7-5-4-6-8-11/h4-8H,2-3,9-10H2,1H3. The molecule has 72 valence electrons. The van der Waals surface area contributed by atoms with Crippen molar-refractivity contribution in [1.82, 2.24) is 0 Å². The first-order valence-electron chi connectivity index (χ1n) is 4.72. The average Bonchev–Trinajstić information content (AvgIpc) is 2.19. The Morgan fingerprint density at radius 2 is 1.85 bits per heavy atom. The summed E-state index contributed by atoms with van der Waals surface area (Å²) in [6.07, 6.45) is 2.18. The molecule has 2 heteroatoms. The lowest BCUT2D eigenvalue weighted by Crippen LogP contribution is -1.96. The Morgan fingerprint density at radius 3 is 2.54 bits per heavy atom. The predicted molar refractivity (Wildman–Crippen MR) is 52.1 cm³/mol. The van der Waals surface area contributed by atoms with E-state index in [0.717, 1.165) is 18.4 Å². The first-order valence-corrected chi connectivity index (χ1v) is 4.72. The highest BCUT2D eigenvalue weighted by molar-refractivity contribution is 5.13. The van der Waals surface area contributed by atoms with Crippen molar-refractivity contribution in [3.05, 3.63) is 35.9 Å². The first-order chi connectivity index (χ1) is 6.43. The largest absolute Gasteiger partial charge is 0.236 e. The topological polar surface area (TPSA) is 18.5 Å². The van der Waals surface area contributed by atoms with E-state index in [1.54, 1.807) is 0 Å². The molecule has 0 saturated carbocycles. The van der Waals surface area contributed by atoms with Crippen LogP contribution in [0.25, 0.3) is 0 Å². The van der Waals surface area contributed by atoms with Crippen LogP contribution in [0, 0.1) is 0 Å². The molecular weight excluding hydrogens is 164 g/mol. The Balaban J connectivity index is 2.07. The maximum absolute atomic E-state index is 5.02. The highest BCUT2D eigenvalue weighted by Crippen LogP contribution is 2.00. The minimum Gasteiger partial charge on any atom is -0.236 e. The number of hydrogen-bond donors (Lipinski definition) is 0. The van der Waals surface area contributed by atoms with E-state index in [2.05, 4.69) is 6.92 Å². The minimum absolute atomic E-state index is 0.532. The average molecular weight is 180 g/mol. The molecule has 0 aliphatic carbocycles. The van der Waals surface area contributed by atoms with Gasteiger partial charge in [-0.3, -0.25) is 0 Å². The van der Waals surface area contributed by atoms with Crippen LogP contribution < -0.4 is 0 Å². The van der Waals surface area contributed by atoms with E-state index in [4.69, 9.17) is 9.78 Å². The fraction of sp³-hybridized carbons (Fsp3) is 0.455. The van der Waals surface area contributed by atoms with E-state index >= 15 is 0 Å². The lowest BCUT2D eigenvalue weighted by molar-refractivity contribution is -0.304. The molecule has 0 unspecified atom stereocenters. The lowest BCUT2D eigenvalue weighted by Gasteiger charge is -2.02. The molecule has 0 atom stereocenters. The molecule has 1 aromatic carbocycles. The monoisotopic (exact) mass is 180 g/mol. The van der Waals surface area contributed by atoms with Crippen LogP contribution in [0.2, 0.25) is 0 Å². The normalized spacial score (nSPS) is 10.2. The fourth-order valence-corrected chi connectivity index (χ4v) is 0.946. The first kappa shape index (κ1) is 10.2. The maximum Gasteiger partial charge on any atom is 0.107 e. The van der Waals surface area contributed by atoms with Crippen molar-refractivity contribution in [2.75, 3.05) is 6.61 Å². The molecule has 0 radical (unpaired) electrons. The van der Waals surface area contributed by atoms with Crippen LogP contribution in [0.1, 0.15) is 25.3 Å². The summed E-state index contributed by atoms with van der Waals surface area (Å²) >= 11 is 0. The van der Waals surface area contributed by atoms with Gasteiger partial charge in [-0.15, -0.1) is 0 Å². The molecule has 1 aromatic rings. The second-order valence-electron chi connectivity index (χ2n) is 2.92. The highest BCUT2D eigenvalue weighted by Gasteiger charge is 1.91. The van der Waals surface area contributed by atoms with Crippen LogP contribution in [-0.4, -0.2) is 6.61 Å². The van der Waals surface area contributed by atoms with Gasteiger partial charge in [0, 0.05) is 0 Å². The van der Waals surface area contributed by atoms with Crippen LogP contribution in [0.4, 0.5) is 0 Å². The Bertz CT molecular complexity index is 209. The van der Waals surface area contributed by atoms with E-state index in [9.17, 15) is 0 Å². The predicted octanol–water partition coefficient (Wildman–Crippen LogP) is 2.93. The van der Waals surface area contributed by atoms with E-state index < -0.39 is 0 Å². The van der Waals surface area contributed by atoms with Gasteiger partial charge in [0.15, 0.2) is 0 Å². The summed E-state index contributed by atoms with van der Waals surface area (Å²) in [5, 5.41) is 0. The molecule has 2 nitrogen and oxygen atoms in total. The van der Waals surface area contributed by atoms with Gasteiger partial charge in [0.25, 0.3) is 0 Å². The summed E-state index contributed by atoms with van der Waals surface area (Å²) in [5.41, 5.74) is 1.14. The van der Waals surface area contributed by atoms with E-state index in [0.29, 0.717) is 13.2 Å². The van der Waals surface area contributed by atoms with Crippen LogP contribution in [0.15, 0.2) is 30.3 Å². The molecule has 1 rings (SSSR count). The van der Waals surface area contributed by atoms with Crippen molar-refractivity contribution in [2.45, 2.75) is 26.4 Å². The van der Waals surface area contributed by atoms with Crippen LogP contribution in [-0.2, 0) is 16.4 Å². The third kappa shape index (κ3) is 4.65. The van der Waals surface area contributed by atoms with Crippen molar-refractivity contribution in [3.8, 4) is 0 Å². The number of benzene rings is 1. The third-order valence-electron chi connectivity index (χ3n) is 1.73. The van der Waals surface area contributed by atoms with Gasteiger partial charge < -0.3 is 0 Å². The zero-order valence-corrected chi connectivity index (χ0v) is 8.03. The summed E-state index contributed by atoms with van der Waals surface area (Å²) in [5.74, 6) is 0. The molecule has 0 saturated heterocycles. The van der Waals surface area contributed by atoms with Crippen molar-refractivity contribution >= 4 is 0 Å². The maximum atomic E-state index is 5.02. The van der Waals surface area contributed by atoms with Crippen LogP contribution in [0.3, 0.4) is 0 Å². The zero-order valence-electron chi connectivity index (χ0n) is 8.03. The quantitative estimate of drug-likeness (QED) is 0.380. The smallest absolute Gasteiger partial charge is 0.107 e. The SMILES string of the molecule is CCCCOOCc1ccccc1. The molecule has 0 aromatic heterocycles. The minimum atomic E-state index is 0.532. The third-order valence-corrected chi connectivity index (χ3v) is 1.73. The van der Waals surface area contributed by atoms with Crippen LogP contribution >= 0.6 is 0 Å². The highest BCUT2D eigenvalue weighted by atomic mass is 17.2. The van der Waals surface area contributed by atoms with Crippen LogP contribution in [0.5, 0.6) is 0 Å². The van der Waals surface area contributed by atoms with E-state index in [-0.39, 0.29) is 0 Å². The van der Waals surface area contributed by atoms with Crippen molar-refractivity contribution < 1.29 is 9.78 Å². The molecule has 0 amide bonds. The van der Waals surface area contributed by atoms with Gasteiger partial charge in [0.05, 0.1) is 6.61 Å². The van der Waals surface area contributed by atoms with Gasteiger partial charge in [-0.25, -0.2) is 9.78 Å². The summed E-state index contributed by atoms with van der Waals surface area (Å²) in [4.78, 5) is 10.00. The number of unbranched alkanes of at least 4 members (excludes halogenated alkanes) is 1. The van der Waals surface area contributed by atoms with Crippen molar-refractivity contribution in [3.63, 3.8) is 0 Å². The number of rotatable bonds is 6. The van der Waals surface area contributed by atoms with Gasteiger partial charge >= 0.3 is 0 Å².